The van der Waals surface area contributed by atoms with Gasteiger partial charge in [0.15, 0.2) is 6.20 Å². The SMILES string of the molecule is CN1C(=CC=Cc2cc[n+](CC(=O)CNCCOCCNC(=O)CN3C=C/C(=C\C=C\c4nc5ccccc5s4)c4ccccc43)c3ccccc23)Sc2ccccc21. The Morgan fingerprint density at radius 1 is 0.847 bits per heavy atom. The maximum atomic E-state index is 13.0. The van der Waals surface area contributed by atoms with Crippen LogP contribution in [-0.4, -0.2) is 63.1 Å². The summed E-state index contributed by atoms with van der Waals surface area (Å²) in [4.78, 5) is 36.0. The van der Waals surface area contributed by atoms with E-state index in [-0.39, 0.29) is 31.3 Å². The van der Waals surface area contributed by atoms with Gasteiger partial charge in [-0.15, -0.1) is 11.3 Å². The second-order valence-electron chi connectivity index (χ2n) is 14.0. The Kier molecular flexibility index (Phi) is 12.9. The zero-order chi connectivity index (χ0) is 40.4. The number of thioether (sulfide) groups is 1. The summed E-state index contributed by atoms with van der Waals surface area (Å²) in [7, 11) is 2.09. The van der Waals surface area contributed by atoms with Gasteiger partial charge in [-0.05, 0) is 65.8 Å². The number of pyridine rings is 1. The monoisotopic (exact) mass is 817 g/mol. The third-order valence-corrected chi connectivity index (χ3v) is 12.2. The summed E-state index contributed by atoms with van der Waals surface area (Å²) in [5, 5.41) is 9.39. The van der Waals surface area contributed by atoms with E-state index in [0.717, 1.165) is 43.8 Å². The normalized spacial score (nSPS) is 15.0. The summed E-state index contributed by atoms with van der Waals surface area (Å²) in [5.41, 5.74) is 7.44. The first-order chi connectivity index (χ1) is 29.0. The van der Waals surface area contributed by atoms with E-state index >= 15 is 0 Å². The molecule has 0 radical (unpaired) electrons. The fourth-order valence-electron chi connectivity index (χ4n) is 7.07. The zero-order valence-electron chi connectivity index (χ0n) is 32.8. The number of amides is 1. The number of ketones is 1. The number of fused-ring (bicyclic) bond motifs is 4. The summed E-state index contributed by atoms with van der Waals surface area (Å²) in [6.07, 6.45) is 18.4. The first-order valence-corrected chi connectivity index (χ1v) is 21.3. The van der Waals surface area contributed by atoms with Crippen LogP contribution < -0.4 is 25.0 Å². The Bertz CT molecular complexity index is 2610. The van der Waals surface area contributed by atoms with Crippen molar-refractivity contribution in [3.8, 4) is 0 Å². The Hall–Kier alpha value is -6.11. The third-order valence-electron chi connectivity index (χ3n) is 10.0. The predicted molar refractivity (Wildman–Crippen MR) is 243 cm³/mol. The molecule has 59 heavy (non-hydrogen) atoms. The Labute approximate surface area is 352 Å². The lowest BCUT2D eigenvalue weighted by Crippen LogP contribution is -2.42. The first-order valence-electron chi connectivity index (χ1n) is 19.7. The predicted octanol–water partition coefficient (Wildman–Crippen LogP) is 8.26. The molecular formula is C48H45N6O3S2+. The second-order valence-corrected chi connectivity index (χ2v) is 16.2. The summed E-state index contributed by atoms with van der Waals surface area (Å²) in [5.74, 6) is -0.00753. The molecule has 2 aliphatic rings. The first kappa shape index (κ1) is 39.7. The number of ether oxygens (including phenoxy) is 1. The largest absolute Gasteiger partial charge is 0.378 e. The molecule has 2 N–H and O–H groups in total. The van der Waals surface area contributed by atoms with Crippen LogP contribution in [0.3, 0.4) is 0 Å². The highest BCUT2D eigenvalue weighted by atomic mass is 32.2. The molecule has 4 heterocycles. The number of allylic oxidation sites excluding steroid dienone is 6. The minimum Gasteiger partial charge on any atom is -0.378 e. The molecule has 0 unspecified atom stereocenters. The zero-order valence-corrected chi connectivity index (χ0v) is 34.4. The number of Topliss-reactive ketones (excluding diaryl/α,β-unsaturated/α-hetero) is 1. The maximum absolute atomic E-state index is 13.0. The summed E-state index contributed by atoms with van der Waals surface area (Å²) >= 11 is 3.44. The van der Waals surface area contributed by atoms with Crippen molar-refractivity contribution in [2.24, 2.45) is 0 Å². The lowest BCUT2D eigenvalue weighted by Gasteiger charge is -2.27. The number of hydrogen-bond donors (Lipinski definition) is 2. The topological polar surface area (TPSA) is 90.7 Å². The van der Waals surface area contributed by atoms with Gasteiger partial charge in [0, 0.05) is 54.6 Å². The molecule has 11 heteroatoms. The molecule has 4 aromatic carbocycles. The van der Waals surface area contributed by atoms with Crippen molar-refractivity contribution in [2.45, 2.75) is 11.4 Å². The lowest BCUT2D eigenvalue weighted by molar-refractivity contribution is -0.658. The van der Waals surface area contributed by atoms with Crippen LogP contribution in [0, 0.1) is 0 Å². The summed E-state index contributed by atoms with van der Waals surface area (Å²) in [6, 6.07) is 34.9. The quantitative estimate of drug-likeness (QED) is 0.0746. The third kappa shape index (κ3) is 9.78. The molecule has 0 atom stereocenters. The van der Waals surface area contributed by atoms with Crippen molar-refractivity contribution in [2.75, 3.05) is 56.2 Å². The highest BCUT2D eigenvalue weighted by Crippen LogP contribution is 2.44. The van der Waals surface area contributed by atoms with Crippen molar-refractivity contribution in [1.82, 2.24) is 15.6 Å². The van der Waals surface area contributed by atoms with Crippen LogP contribution >= 0.6 is 23.1 Å². The van der Waals surface area contributed by atoms with E-state index in [9.17, 15) is 9.59 Å². The van der Waals surface area contributed by atoms with E-state index in [2.05, 4.69) is 106 Å². The van der Waals surface area contributed by atoms with Crippen LogP contribution in [-0.2, 0) is 20.9 Å². The number of carbonyl (C=O) groups is 2. The van der Waals surface area contributed by atoms with E-state index in [1.165, 1.54) is 20.3 Å². The lowest BCUT2D eigenvalue weighted by atomic mass is 9.99. The molecule has 6 aromatic rings. The van der Waals surface area contributed by atoms with Gasteiger partial charge in [-0.3, -0.25) is 9.59 Å². The molecule has 8 rings (SSSR count). The van der Waals surface area contributed by atoms with Crippen LogP contribution in [0.15, 0.2) is 156 Å². The molecule has 0 saturated carbocycles. The number of nitrogens with zero attached hydrogens (tertiary/aromatic N) is 4. The Morgan fingerprint density at radius 2 is 1.63 bits per heavy atom. The molecule has 0 saturated heterocycles. The fourth-order valence-corrected chi connectivity index (χ4v) is 9.02. The van der Waals surface area contributed by atoms with Gasteiger partial charge in [-0.25, -0.2) is 4.98 Å². The maximum Gasteiger partial charge on any atom is 0.240 e. The van der Waals surface area contributed by atoms with Gasteiger partial charge in [-0.2, -0.15) is 4.57 Å². The smallest absolute Gasteiger partial charge is 0.240 e. The average Bonchev–Trinajstić information content (AvgIpc) is 3.83. The van der Waals surface area contributed by atoms with Gasteiger partial charge >= 0.3 is 0 Å². The highest BCUT2D eigenvalue weighted by Gasteiger charge is 2.21. The minimum atomic E-state index is -0.0892. The molecule has 9 nitrogen and oxygen atoms in total. The van der Waals surface area contributed by atoms with Crippen LogP contribution in [0.4, 0.5) is 11.4 Å². The van der Waals surface area contributed by atoms with Gasteiger partial charge < -0.3 is 25.2 Å². The number of para-hydroxylation sites is 4. The van der Waals surface area contributed by atoms with Gasteiger partial charge in [0.25, 0.3) is 0 Å². The van der Waals surface area contributed by atoms with E-state index in [0.29, 0.717) is 26.3 Å². The Morgan fingerprint density at radius 3 is 2.53 bits per heavy atom. The molecule has 2 aliphatic heterocycles. The van der Waals surface area contributed by atoms with Gasteiger partial charge in [0.05, 0.1) is 46.1 Å². The van der Waals surface area contributed by atoms with E-state index in [1.807, 2.05) is 88.6 Å². The number of rotatable bonds is 16. The van der Waals surface area contributed by atoms with Crippen molar-refractivity contribution in [3.05, 3.63) is 167 Å². The molecule has 296 valence electrons. The Balaban J connectivity index is 0.741. The molecular weight excluding hydrogens is 773 g/mol. The minimum absolute atomic E-state index is 0.0816. The van der Waals surface area contributed by atoms with Gasteiger partial charge in [0.2, 0.25) is 23.8 Å². The number of anilines is 2. The van der Waals surface area contributed by atoms with Crippen LogP contribution in [0.25, 0.3) is 38.8 Å². The van der Waals surface area contributed by atoms with E-state index in [4.69, 9.17) is 4.74 Å². The molecule has 1 amide bonds. The van der Waals surface area contributed by atoms with Crippen molar-refractivity contribution in [3.63, 3.8) is 0 Å². The van der Waals surface area contributed by atoms with Crippen molar-refractivity contribution in [1.29, 1.82) is 0 Å². The molecule has 2 aromatic heterocycles. The van der Waals surface area contributed by atoms with E-state index < -0.39 is 0 Å². The fraction of sp³-hybridized carbons (Fsp3) is 0.167. The molecule has 0 fully saturated rings. The molecule has 0 aliphatic carbocycles. The average molecular weight is 818 g/mol. The van der Waals surface area contributed by atoms with Crippen molar-refractivity contribution >= 4 is 85.0 Å². The number of carbonyl (C=O) groups excluding carboxylic acids is 2. The summed E-state index contributed by atoms with van der Waals surface area (Å²) < 4.78 is 8.91. The second kappa shape index (κ2) is 19.1. The highest BCUT2D eigenvalue weighted by molar-refractivity contribution is 8.03. The van der Waals surface area contributed by atoms with Gasteiger partial charge in [-0.1, -0.05) is 90.7 Å². The number of nitrogens with one attached hydrogen (secondary N) is 2. The van der Waals surface area contributed by atoms with Crippen LogP contribution in [0.5, 0.6) is 0 Å². The number of hydrogen-bond acceptors (Lipinski definition) is 9. The molecule has 0 bridgehead atoms. The number of benzene rings is 4. The van der Waals surface area contributed by atoms with Gasteiger partial charge in [0.1, 0.15) is 11.6 Å². The standard InChI is InChI=1S/C48H44N6O3S2/c1-52-43-19-7-9-21-45(43)59-48(52)23-11-13-36-24-28-53(41-17-5-2-14-38(36)41)33-37(55)32-49-26-30-57-31-27-50-46(56)34-54-29-25-35(39-15-3-6-18-42(39)54)12-10-22-47-51-40-16-4-8-20-44(40)58-47/h2-25,28-29,49H,26-27,30-34H2,1H3/p+1/b22-10+,35-12+. The molecule has 0 spiro atoms. The van der Waals surface area contributed by atoms with Crippen LogP contribution in [0.2, 0.25) is 0 Å². The number of thiazole rings is 1. The van der Waals surface area contributed by atoms with Crippen molar-refractivity contribution < 1.29 is 18.9 Å². The number of aromatic nitrogens is 2. The summed E-state index contributed by atoms with van der Waals surface area (Å²) in [6.45, 7) is 2.45. The van der Waals surface area contributed by atoms with E-state index in [1.54, 1.807) is 23.1 Å². The van der Waals surface area contributed by atoms with Crippen LogP contribution in [0.1, 0.15) is 16.1 Å².